The van der Waals surface area contributed by atoms with Crippen LogP contribution in [0.5, 0.6) is 0 Å². The van der Waals surface area contributed by atoms with Crippen molar-refractivity contribution in [2.24, 2.45) is 0 Å². The maximum absolute atomic E-state index is 12.1. The number of imide groups is 1. The second-order valence-corrected chi connectivity index (χ2v) is 5.59. The quantitative estimate of drug-likeness (QED) is 0.683. The highest BCUT2D eigenvalue weighted by Crippen LogP contribution is 2.26. The van der Waals surface area contributed by atoms with Gasteiger partial charge in [-0.15, -0.1) is 0 Å². The third-order valence-electron chi connectivity index (χ3n) is 3.43. The fourth-order valence-electron chi connectivity index (χ4n) is 2.37. The van der Waals surface area contributed by atoms with Gasteiger partial charge in [0, 0.05) is 23.2 Å². The summed E-state index contributed by atoms with van der Waals surface area (Å²) < 4.78 is 5.71. The van der Waals surface area contributed by atoms with Gasteiger partial charge in [0.1, 0.15) is 17.2 Å². The Morgan fingerprint density at radius 1 is 1.26 bits per heavy atom. The van der Waals surface area contributed by atoms with Crippen molar-refractivity contribution < 1.29 is 14.0 Å². The monoisotopic (exact) mass is 330 g/mol. The SMILES string of the molecule is CCCN1C(=O)N/C(=C/c2ccc(-c3cccc(Cl)c3)o2)C1=O. The molecule has 0 spiro atoms. The Morgan fingerprint density at radius 3 is 2.83 bits per heavy atom. The number of carbonyl (C=O) groups excluding carboxylic acids is 2. The lowest BCUT2D eigenvalue weighted by atomic mass is 10.2. The van der Waals surface area contributed by atoms with E-state index in [4.69, 9.17) is 16.0 Å². The molecule has 5 nitrogen and oxygen atoms in total. The standard InChI is InChI=1S/C17H15ClN2O3/c1-2-8-20-16(21)14(19-17(20)22)10-13-6-7-15(23-13)11-4-3-5-12(18)9-11/h3-7,9-10H,2,8H2,1H3,(H,19,22)/b14-10+. The van der Waals surface area contributed by atoms with Crippen LogP contribution >= 0.6 is 11.6 Å². The lowest BCUT2D eigenvalue weighted by Gasteiger charge is -2.08. The smallest absolute Gasteiger partial charge is 0.329 e. The van der Waals surface area contributed by atoms with Crippen LogP contribution in [0.3, 0.4) is 0 Å². The summed E-state index contributed by atoms with van der Waals surface area (Å²) in [5.74, 6) is 0.793. The number of urea groups is 1. The van der Waals surface area contributed by atoms with Gasteiger partial charge in [0.15, 0.2) is 0 Å². The van der Waals surface area contributed by atoms with Crippen molar-refractivity contribution in [2.75, 3.05) is 6.54 Å². The number of benzene rings is 1. The average Bonchev–Trinajstić information content (AvgIpc) is 3.09. The van der Waals surface area contributed by atoms with Crippen molar-refractivity contribution in [1.82, 2.24) is 10.2 Å². The van der Waals surface area contributed by atoms with Gasteiger partial charge in [-0.05, 0) is 30.7 Å². The number of amides is 3. The van der Waals surface area contributed by atoms with Gasteiger partial charge in [-0.2, -0.15) is 0 Å². The average molecular weight is 331 g/mol. The first-order valence-electron chi connectivity index (χ1n) is 7.29. The molecule has 6 heteroatoms. The molecular weight excluding hydrogens is 316 g/mol. The molecule has 1 aliphatic rings. The summed E-state index contributed by atoms with van der Waals surface area (Å²) in [5.41, 5.74) is 1.06. The predicted octanol–water partition coefficient (Wildman–Crippen LogP) is 3.90. The Labute approximate surface area is 138 Å². The first-order chi connectivity index (χ1) is 11.1. The number of nitrogens with one attached hydrogen (secondary N) is 1. The van der Waals surface area contributed by atoms with Crippen molar-refractivity contribution in [3.8, 4) is 11.3 Å². The van der Waals surface area contributed by atoms with Crippen LogP contribution in [-0.2, 0) is 4.79 Å². The van der Waals surface area contributed by atoms with Gasteiger partial charge >= 0.3 is 6.03 Å². The molecule has 0 unspecified atom stereocenters. The van der Waals surface area contributed by atoms with Crippen LogP contribution in [0, 0.1) is 0 Å². The van der Waals surface area contributed by atoms with E-state index in [-0.39, 0.29) is 11.6 Å². The number of hydrogen-bond acceptors (Lipinski definition) is 3. The van der Waals surface area contributed by atoms with E-state index in [1.807, 2.05) is 19.1 Å². The van der Waals surface area contributed by atoms with E-state index in [1.165, 1.54) is 11.0 Å². The van der Waals surface area contributed by atoms with E-state index in [0.29, 0.717) is 29.5 Å². The molecule has 0 aliphatic carbocycles. The molecule has 3 rings (SSSR count). The first-order valence-corrected chi connectivity index (χ1v) is 7.66. The van der Waals surface area contributed by atoms with Crippen LogP contribution < -0.4 is 5.32 Å². The molecule has 1 fully saturated rings. The summed E-state index contributed by atoms with van der Waals surface area (Å²) in [6.07, 6.45) is 2.25. The summed E-state index contributed by atoms with van der Waals surface area (Å²) >= 11 is 5.97. The Hall–Kier alpha value is -2.53. The molecule has 23 heavy (non-hydrogen) atoms. The normalized spacial score (nSPS) is 16.3. The van der Waals surface area contributed by atoms with Gasteiger partial charge in [-0.25, -0.2) is 4.79 Å². The Kier molecular flexibility index (Phi) is 4.21. The van der Waals surface area contributed by atoms with Gasteiger partial charge < -0.3 is 9.73 Å². The molecule has 1 aliphatic heterocycles. The van der Waals surface area contributed by atoms with Crippen molar-refractivity contribution in [2.45, 2.75) is 13.3 Å². The van der Waals surface area contributed by atoms with Crippen molar-refractivity contribution in [3.63, 3.8) is 0 Å². The summed E-state index contributed by atoms with van der Waals surface area (Å²) in [7, 11) is 0. The predicted molar refractivity (Wildman–Crippen MR) is 87.7 cm³/mol. The fraction of sp³-hybridized carbons (Fsp3) is 0.176. The molecule has 0 radical (unpaired) electrons. The molecule has 1 N–H and O–H groups in total. The highest BCUT2D eigenvalue weighted by atomic mass is 35.5. The minimum atomic E-state index is -0.398. The lowest BCUT2D eigenvalue weighted by molar-refractivity contribution is -0.122. The van der Waals surface area contributed by atoms with E-state index in [1.54, 1.807) is 24.3 Å². The third kappa shape index (κ3) is 3.14. The molecule has 2 aromatic rings. The molecule has 0 bridgehead atoms. The van der Waals surface area contributed by atoms with Crippen LogP contribution in [-0.4, -0.2) is 23.4 Å². The Morgan fingerprint density at radius 2 is 2.09 bits per heavy atom. The van der Waals surface area contributed by atoms with Gasteiger partial charge in [-0.1, -0.05) is 30.7 Å². The molecule has 2 heterocycles. The zero-order valence-corrected chi connectivity index (χ0v) is 13.3. The summed E-state index contributed by atoms with van der Waals surface area (Å²) in [5, 5.41) is 3.18. The molecule has 0 atom stereocenters. The number of hydrogen-bond donors (Lipinski definition) is 1. The Bertz CT molecular complexity index is 795. The zero-order chi connectivity index (χ0) is 16.4. The number of rotatable bonds is 4. The highest BCUT2D eigenvalue weighted by molar-refractivity contribution is 6.30. The lowest BCUT2D eigenvalue weighted by Crippen LogP contribution is -2.31. The topological polar surface area (TPSA) is 62.6 Å². The van der Waals surface area contributed by atoms with Crippen LogP contribution in [0.1, 0.15) is 19.1 Å². The van der Waals surface area contributed by atoms with Gasteiger partial charge in [-0.3, -0.25) is 9.69 Å². The van der Waals surface area contributed by atoms with Gasteiger partial charge in [0.2, 0.25) is 0 Å². The maximum atomic E-state index is 12.1. The first kappa shape index (κ1) is 15.4. The van der Waals surface area contributed by atoms with Gasteiger partial charge in [0.25, 0.3) is 5.91 Å². The zero-order valence-electron chi connectivity index (χ0n) is 12.5. The number of carbonyl (C=O) groups is 2. The van der Waals surface area contributed by atoms with Crippen molar-refractivity contribution in [3.05, 3.63) is 52.9 Å². The number of furan rings is 1. The number of nitrogens with zero attached hydrogens (tertiary/aromatic N) is 1. The molecule has 1 saturated heterocycles. The molecule has 1 aromatic carbocycles. The van der Waals surface area contributed by atoms with Crippen LogP contribution in [0.4, 0.5) is 4.79 Å². The minimum absolute atomic E-state index is 0.218. The van der Waals surface area contributed by atoms with E-state index in [9.17, 15) is 9.59 Å². The molecule has 118 valence electrons. The second-order valence-electron chi connectivity index (χ2n) is 5.16. The summed E-state index contributed by atoms with van der Waals surface area (Å²) in [6.45, 7) is 2.31. The van der Waals surface area contributed by atoms with Gasteiger partial charge in [0.05, 0.1) is 0 Å². The Balaban J connectivity index is 1.84. The van der Waals surface area contributed by atoms with E-state index >= 15 is 0 Å². The number of halogens is 1. The summed E-state index contributed by atoms with van der Waals surface area (Å²) in [4.78, 5) is 25.1. The molecule has 1 aromatic heterocycles. The highest BCUT2D eigenvalue weighted by Gasteiger charge is 2.32. The summed E-state index contributed by atoms with van der Waals surface area (Å²) in [6, 6.07) is 10.4. The molecular formula is C17H15ClN2O3. The maximum Gasteiger partial charge on any atom is 0.329 e. The van der Waals surface area contributed by atoms with Crippen LogP contribution in [0.15, 0.2) is 46.5 Å². The minimum Gasteiger partial charge on any atom is -0.457 e. The fourth-order valence-corrected chi connectivity index (χ4v) is 2.56. The molecule has 0 saturated carbocycles. The van der Waals surface area contributed by atoms with Crippen LogP contribution in [0.25, 0.3) is 17.4 Å². The van der Waals surface area contributed by atoms with Crippen molar-refractivity contribution in [1.29, 1.82) is 0 Å². The largest absolute Gasteiger partial charge is 0.457 e. The second kappa shape index (κ2) is 6.30. The van der Waals surface area contributed by atoms with Crippen LogP contribution in [0.2, 0.25) is 5.02 Å². The third-order valence-corrected chi connectivity index (χ3v) is 3.67. The van der Waals surface area contributed by atoms with E-state index < -0.39 is 6.03 Å². The van der Waals surface area contributed by atoms with Crippen molar-refractivity contribution >= 4 is 29.6 Å². The molecule has 3 amide bonds. The van der Waals surface area contributed by atoms with E-state index in [0.717, 1.165) is 5.56 Å². The van der Waals surface area contributed by atoms with E-state index in [2.05, 4.69) is 5.32 Å².